The SMILES string of the molecule is CC(C)(C)Cc1ccccc1CP(=O)([O-])[O-]. The predicted octanol–water partition coefficient (Wildman–Crippen LogP) is 1.69. The summed E-state index contributed by atoms with van der Waals surface area (Å²) in [7, 11) is -4.48. The largest absolute Gasteiger partial charge is 0.810 e. The van der Waals surface area contributed by atoms with Crippen LogP contribution in [0, 0.1) is 5.41 Å². The minimum absolute atomic E-state index is 0.0753. The summed E-state index contributed by atoms with van der Waals surface area (Å²) in [6.07, 6.45) is 0.377. The van der Waals surface area contributed by atoms with Crippen LogP contribution < -0.4 is 9.79 Å². The molecule has 0 unspecified atom stereocenters. The van der Waals surface area contributed by atoms with E-state index >= 15 is 0 Å². The minimum Gasteiger partial charge on any atom is -0.810 e. The van der Waals surface area contributed by atoms with Gasteiger partial charge in [-0.3, -0.25) is 0 Å². The molecular weight excluding hydrogens is 223 g/mol. The molecular formula is C12H17O3P-2. The van der Waals surface area contributed by atoms with Crippen LogP contribution in [0.3, 0.4) is 0 Å². The van der Waals surface area contributed by atoms with Crippen molar-refractivity contribution in [3.8, 4) is 0 Å². The molecule has 0 radical (unpaired) electrons. The first-order valence-corrected chi connectivity index (χ1v) is 6.98. The van der Waals surface area contributed by atoms with Crippen LogP contribution in [0.4, 0.5) is 0 Å². The Bertz CT molecular complexity index is 401. The van der Waals surface area contributed by atoms with E-state index in [1.807, 2.05) is 12.1 Å². The first kappa shape index (κ1) is 13.4. The van der Waals surface area contributed by atoms with Crippen molar-refractivity contribution in [1.29, 1.82) is 0 Å². The van der Waals surface area contributed by atoms with Gasteiger partial charge in [-0.25, -0.2) is 0 Å². The Morgan fingerprint density at radius 2 is 1.62 bits per heavy atom. The van der Waals surface area contributed by atoms with Gasteiger partial charge in [0.05, 0.1) is 0 Å². The lowest BCUT2D eigenvalue weighted by Crippen LogP contribution is -2.17. The fraction of sp³-hybridized carbons (Fsp3) is 0.500. The van der Waals surface area contributed by atoms with Gasteiger partial charge in [0.15, 0.2) is 0 Å². The summed E-state index contributed by atoms with van der Waals surface area (Å²) in [5.41, 5.74) is 1.65. The van der Waals surface area contributed by atoms with Gasteiger partial charge in [-0.1, -0.05) is 52.6 Å². The van der Waals surface area contributed by atoms with E-state index in [4.69, 9.17) is 0 Å². The third kappa shape index (κ3) is 4.93. The smallest absolute Gasteiger partial charge is 0.000495 e. The van der Waals surface area contributed by atoms with E-state index in [-0.39, 0.29) is 11.6 Å². The van der Waals surface area contributed by atoms with Crippen LogP contribution in [0.5, 0.6) is 0 Å². The Kier molecular flexibility index (Phi) is 3.95. The summed E-state index contributed by atoms with van der Waals surface area (Å²) >= 11 is 0. The number of hydrogen-bond acceptors (Lipinski definition) is 3. The molecule has 0 heterocycles. The zero-order valence-electron chi connectivity index (χ0n) is 9.90. The van der Waals surface area contributed by atoms with E-state index in [2.05, 4.69) is 20.8 Å². The molecule has 0 aliphatic carbocycles. The molecule has 90 valence electrons. The van der Waals surface area contributed by atoms with Crippen LogP contribution in [0.2, 0.25) is 0 Å². The highest BCUT2D eigenvalue weighted by Crippen LogP contribution is 2.32. The van der Waals surface area contributed by atoms with Gasteiger partial charge in [0, 0.05) is 6.16 Å². The van der Waals surface area contributed by atoms with Crippen molar-refractivity contribution < 1.29 is 14.4 Å². The van der Waals surface area contributed by atoms with Crippen LogP contribution in [-0.4, -0.2) is 0 Å². The fourth-order valence-electron chi connectivity index (χ4n) is 1.66. The first-order valence-electron chi connectivity index (χ1n) is 5.25. The van der Waals surface area contributed by atoms with Gasteiger partial charge in [0.25, 0.3) is 0 Å². The molecule has 0 saturated carbocycles. The van der Waals surface area contributed by atoms with Crippen LogP contribution in [-0.2, 0) is 17.1 Å². The van der Waals surface area contributed by atoms with Crippen molar-refractivity contribution in [3.63, 3.8) is 0 Å². The Morgan fingerprint density at radius 3 is 2.06 bits per heavy atom. The van der Waals surface area contributed by atoms with Gasteiger partial charge in [0.1, 0.15) is 0 Å². The zero-order chi connectivity index (χ0) is 12.4. The highest BCUT2D eigenvalue weighted by molar-refractivity contribution is 7.47. The summed E-state index contributed by atoms with van der Waals surface area (Å²) in [4.78, 5) is 21.6. The average Bonchev–Trinajstić information content (AvgIpc) is 2.03. The standard InChI is InChI=1S/C12H19O3P/c1-12(2,3)8-10-6-4-5-7-11(10)9-16(13,14)15/h4-7H,8-9H2,1-3H3,(H2,13,14,15)/p-2. The normalized spacial score (nSPS) is 12.8. The van der Waals surface area contributed by atoms with E-state index < -0.39 is 7.60 Å². The topological polar surface area (TPSA) is 63.2 Å². The van der Waals surface area contributed by atoms with Crippen molar-refractivity contribution >= 4 is 7.60 Å². The zero-order valence-corrected chi connectivity index (χ0v) is 10.8. The van der Waals surface area contributed by atoms with E-state index in [1.165, 1.54) is 0 Å². The molecule has 1 aromatic carbocycles. The molecule has 1 aromatic rings. The maximum Gasteiger partial charge on any atom is 0.000495 e. The fourth-order valence-corrected chi connectivity index (χ4v) is 2.39. The second-order valence-electron chi connectivity index (χ2n) is 5.28. The lowest BCUT2D eigenvalue weighted by molar-refractivity contribution is -0.314. The van der Waals surface area contributed by atoms with Gasteiger partial charge >= 0.3 is 0 Å². The third-order valence-corrected chi connectivity index (χ3v) is 2.93. The molecule has 0 aromatic heterocycles. The lowest BCUT2D eigenvalue weighted by Gasteiger charge is -2.31. The highest BCUT2D eigenvalue weighted by atomic mass is 31.2. The number of hydrogen-bond donors (Lipinski definition) is 0. The maximum absolute atomic E-state index is 10.8. The maximum atomic E-state index is 10.8. The Morgan fingerprint density at radius 1 is 1.12 bits per heavy atom. The molecule has 0 aliphatic heterocycles. The number of benzene rings is 1. The summed E-state index contributed by atoms with van der Waals surface area (Å²) < 4.78 is 10.8. The summed E-state index contributed by atoms with van der Waals surface area (Å²) in [6, 6.07) is 7.22. The van der Waals surface area contributed by atoms with Crippen molar-refractivity contribution in [2.24, 2.45) is 5.41 Å². The van der Waals surface area contributed by atoms with Crippen LogP contribution in [0.1, 0.15) is 31.9 Å². The molecule has 0 saturated heterocycles. The van der Waals surface area contributed by atoms with Gasteiger partial charge in [-0.15, -0.1) is 0 Å². The van der Waals surface area contributed by atoms with Gasteiger partial charge < -0.3 is 14.4 Å². The molecule has 1 rings (SSSR count). The van der Waals surface area contributed by atoms with Crippen LogP contribution >= 0.6 is 7.60 Å². The van der Waals surface area contributed by atoms with Gasteiger partial charge in [0.2, 0.25) is 0 Å². The van der Waals surface area contributed by atoms with Crippen molar-refractivity contribution in [1.82, 2.24) is 0 Å². The molecule has 0 aliphatic rings. The quantitative estimate of drug-likeness (QED) is 0.755. The summed E-state index contributed by atoms with van der Waals surface area (Å²) in [5.74, 6) is 0. The molecule has 4 heteroatoms. The molecule has 0 amide bonds. The molecule has 0 atom stereocenters. The predicted molar refractivity (Wildman–Crippen MR) is 60.9 cm³/mol. The Hall–Kier alpha value is -0.630. The van der Waals surface area contributed by atoms with E-state index in [1.54, 1.807) is 12.1 Å². The molecule has 0 bridgehead atoms. The van der Waals surface area contributed by atoms with E-state index in [0.29, 0.717) is 5.56 Å². The Balaban J connectivity index is 2.97. The molecule has 0 N–H and O–H groups in total. The Labute approximate surface area is 96.7 Å². The lowest BCUT2D eigenvalue weighted by atomic mass is 9.86. The highest BCUT2D eigenvalue weighted by Gasteiger charge is 2.13. The third-order valence-electron chi connectivity index (χ3n) is 2.20. The first-order chi connectivity index (χ1) is 7.17. The van der Waals surface area contributed by atoms with Crippen LogP contribution in [0.25, 0.3) is 0 Å². The summed E-state index contributed by atoms with van der Waals surface area (Å²) in [5, 5.41) is 0. The van der Waals surface area contributed by atoms with Crippen LogP contribution in [0.15, 0.2) is 24.3 Å². The van der Waals surface area contributed by atoms with Gasteiger partial charge in [-0.2, -0.15) is 0 Å². The second kappa shape index (κ2) is 4.70. The van der Waals surface area contributed by atoms with E-state index in [0.717, 1.165) is 12.0 Å². The average molecular weight is 240 g/mol. The minimum atomic E-state index is -4.48. The van der Waals surface area contributed by atoms with Crippen molar-refractivity contribution in [3.05, 3.63) is 35.4 Å². The van der Waals surface area contributed by atoms with Crippen molar-refractivity contribution in [2.75, 3.05) is 0 Å². The van der Waals surface area contributed by atoms with Gasteiger partial charge in [-0.05, 0) is 23.0 Å². The summed E-state index contributed by atoms with van der Waals surface area (Å²) in [6.45, 7) is 6.24. The molecule has 0 spiro atoms. The van der Waals surface area contributed by atoms with Crippen molar-refractivity contribution in [2.45, 2.75) is 33.4 Å². The van der Waals surface area contributed by atoms with E-state index in [9.17, 15) is 14.4 Å². The number of rotatable bonds is 3. The monoisotopic (exact) mass is 240 g/mol. The molecule has 3 nitrogen and oxygen atoms in total. The molecule has 16 heavy (non-hydrogen) atoms. The second-order valence-corrected chi connectivity index (χ2v) is 6.81. The molecule has 0 fully saturated rings.